The molecule has 1 aromatic heterocycles. The first-order valence-electron chi connectivity index (χ1n) is 10.1. The fraction of sp³-hybridized carbons (Fsp3) is 0.750. The van der Waals surface area contributed by atoms with Crippen LogP contribution in [0.15, 0.2) is 18.5 Å². The Hall–Kier alpha value is -1.65. The summed E-state index contributed by atoms with van der Waals surface area (Å²) in [6.07, 6.45) is 11.3. The minimum absolute atomic E-state index is 0.326. The molecule has 0 unspecified atom stereocenters. The van der Waals surface area contributed by atoms with E-state index in [-0.39, 0.29) is 0 Å². The van der Waals surface area contributed by atoms with Crippen LogP contribution < -0.4 is 4.90 Å². The molecule has 1 saturated heterocycles. The highest BCUT2D eigenvalue weighted by Gasteiger charge is 2.51. The number of hydrogen-bond acceptors (Lipinski definition) is 4. The topological polar surface area (TPSA) is 49.3 Å². The number of carbonyl (C=O) groups excluding carboxylic acids is 1. The molecule has 2 heterocycles. The van der Waals surface area contributed by atoms with Crippen LogP contribution in [0.1, 0.15) is 38.5 Å². The largest absolute Gasteiger partial charge is 0.341 e. The molecular formula is C20H28N4O. The molecule has 0 atom stereocenters. The van der Waals surface area contributed by atoms with Crippen molar-refractivity contribution in [2.45, 2.75) is 38.5 Å². The van der Waals surface area contributed by atoms with Gasteiger partial charge in [-0.2, -0.15) is 0 Å². The fourth-order valence-corrected chi connectivity index (χ4v) is 6.33. The van der Waals surface area contributed by atoms with Crippen LogP contribution in [-0.2, 0) is 4.79 Å². The zero-order valence-electron chi connectivity index (χ0n) is 14.9. The summed E-state index contributed by atoms with van der Waals surface area (Å²) >= 11 is 0. The first kappa shape index (κ1) is 15.6. The van der Waals surface area contributed by atoms with Gasteiger partial charge in [-0.15, -0.1) is 0 Å². The third-order valence-corrected chi connectivity index (χ3v) is 7.15. The lowest BCUT2D eigenvalue weighted by Gasteiger charge is -2.54. The Labute approximate surface area is 149 Å². The van der Waals surface area contributed by atoms with Gasteiger partial charge in [-0.25, -0.2) is 9.97 Å². The van der Waals surface area contributed by atoms with Crippen LogP contribution in [0, 0.1) is 29.6 Å². The van der Waals surface area contributed by atoms with Crippen molar-refractivity contribution in [3.63, 3.8) is 0 Å². The molecule has 4 saturated carbocycles. The number of aromatic nitrogens is 2. The first-order chi connectivity index (χ1) is 12.3. The van der Waals surface area contributed by atoms with Crippen LogP contribution in [-0.4, -0.2) is 47.0 Å². The molecule has 1 amide bonds. The molecule has 5 fully saturated rings. The maximum atomic E-state index is 13.4. The maximum absolute atomic E-state index is 13.4. The van der Waals surface area contributed by atoms with Gasteiger partial charge in [0.25, 0.3) is 0 Å². The predicted molar refractivity (Wildman–Crippen MR) is 96.0 cm³/mol. The van der Waals surface area contributed by atoms with E-state index in [1.54, 1.807) is 12.4 Å². The fourth-order valence-electron chi connectivity index (χ4n) is 6.33. The molecule has 0 N–H and O–H groups in total. The Morgan fingerprint density at radius 3 is 2.24 bits per heavy atom. The second kappa shape index (κ2) is 6.26. The van der Waals surface area contributed by atoms with Crippen molar-refractivity contribution in [3.8, 4) is 0 Å². The minimum Gasteiger partial charge on any atom is -0.341 e. The zero-order chi connectivity index (χ0) is 16.8. The van der Waals surface area contributed by atoms with Gasteiger partial charge in [0.2, 0.25) is 11.9 Å². The van der Waals surface area contributed by atoms with Crippen LogP contribution in [0.2, 0.25) is 0 Å². The molecule has 5 heteroatoms. The third-order valence-electron chi connectivity index (χ3n) is 7.15. The van der Waals surface area contributed by atoms with E-state index in [0.29, 0.717) is 23.7 Å². The zero-order valence-corrected chi connectivity index (χ0v) is 14.9. The lowest BCUT2D eigenvalue weighted by atomic mass is 9.51. The number of hydrogen-bond donors (Lipinski definition) is 0. The van der Waals surface area contributed by atoms with Crippen molar-refractivity contribution in [2.24, 2.45) is 29.6 Å². The van der Waals surface area contributed by atoms with Gasteiger partial charge in [-0.05, 0) is 68.3 Å². The van der Waals surface area contributed by atoms with E-state index in [4.69, 9.17) is 0 Å². The van der Waals surface area contributed by atoms with E-state index in [1.807, 2.05) is 6.07 Å². The second-order valence-electron chi connectivity index (χ2n) is 8.67. The molecule has 25 heavy (non-hydrogen) atoms. The van der Waals surface area contributed by atoms with Gasteiger partial charge in [0.15, 0.2) is 0 Å². The summed E-state index contributed by atoms with van der Waals surface area (Å²) in [5, 5.41) is 0. The summed E-state index contributed by atoms with van der Waals surface area (Å²) in [4.78, 5) is 26.5. The Balaban J connectivity index is 1.27. The smallest absolute Gasteiger partial charge is 0.226 e. The minimum atomic E-state index is 0.326. The molecule has 4 aliphatic carbocycles. The summed E-state index contributed by atoms with van der Waals surface area (Å²) in [5.41, 5.74) is 0. The molecule has 0 radical (unpaired) electrons. The summed E-state index contributed by atoms with van der Waals surface area (Å²) in [5.74, 6) is 4.81. The summed E-state index contributed by atoms with van der Waals surface area (Å²) < 4.78 is 0. The molecule has 0 spiro atoms. The van der Waals surface area contributed by atoms with E-state index < -0.39 is 0 Å². The van der Waals surface area contributed by atoms with E-state index >= 15 is 0 Å². The van der Waals surface area contributed by atoms with Crippen molar-refractivity contribution < 1.29 is 4.79 Å². The summed E-state index contributed by atoms with van der Waals surface area (Å²) in [6.45, 7) is 3.50. The Morgan fingerprint density at radius 2 is 1.56 bits per heavy atom. The van der Waals surface area contributed by atoms with Crippen LogP contribution in [0.5, 0.6) is 0 Å². The lowest BCUT2D eigenvalue weighted by molar-refractivity contribution is -0.148. The Kier molecular flexibility index (Phi) is 3.90. The lowest BCUT2D eigenvalue weighted by Crippen LogP contribution is -2.52. The number of anilines is 1. The van der Waals surface area contributed by atoms with Gasteiger partial charge in [-0.1, -0.05) is 0 Å². The summed E-state index contributed by atoms with van der Waals surface area (Å²) in [6, 6.07) is 1.85. The molecule has 5 aliphatic rings. The van der Waals surface area contributed by atoms with Crippen molar-refractivity contribution in [2.75, 3.05) is 31.1 Å². The molecule has 1 aliphatic heterocycles. The van der Waals surface area contributed by atoms with Gasteiger partial charge in [0.1, 0.15) is 0 Å². The van der Waals surface area contributed by atoms with Crippen molar-refractivity contribution >= 4 is 11.9 Å². The highest BCUT2D eigenvalue weighted by Crippen LogP contribution is 2.56. The highest BCUT2D eigenvalue weighted by atomic mass is 16.2. The summed E-state index contributed by atoms with van der Waals surface area (Å²) in [7, 11) is 0. The Morgan fingerprint density at radius 1 is 0.880 bits per heavy atom. The van der Waals surface area contributed by atoms with Gasteiger partial charge >= 0.3 is 0 Å². The van der Waals surface area contributed by atoms with E-state index in [2.05, 4.69) is 19.8 Å². The number of nitrogens with zero attached hydrogens (tertiary/aromatic N) is 4. The molecular weight excluding hydrogens is 312 g/mol. The van der Waals surface area contributed by atoms with Crippen molar-refractivity contribution in [1.29, 1.82) is 0 Å². The van der Waals surface area contributed by atoms with E-state index in [0.717, 1.165) is 50.4 Å². The van der Waals surface area contributed by atoms with Crippen LogP contribution in [0.25, 0.3) is 0 Å². The van der Waals surface area contributed by atoms with Gasteiger partial charge in [-0.3, -0.25) is 4.79 Å². The van der Waals surface area contributed by atoms with Crippen LogP contribution in [0.4, 0.5) is 5.95 Å². The van der Waals surface area contributed by atoms with Crippen LogP contribution in [0.3, 0.4) is 0 Å². The SMILES string of the molecule is O=C(C1C2CC3CC(C2)CC1C3)N1CCCN(c2ncccn2)CC1. The standard InChI is InChI=1S/C20H28N4O/c25-19(18-16-10-14-9-15(12-16)13-17(18)11-14)23-5-2-6-24(8-7-23)20-21-3-1-4-22-20/h1,3-4,14-18H,2,5-13H2. The van der Waals surface area contributed by atoms with Crippen molar-refractivity contribution in [3.05, 3.63) is 18.5 Å². The second-order valence-corrected chi connectivity index (χ2v) is 8.67. The molecule has 4 bridgehead atoms. The van der Waals surface area contributed by atoms with Gasteiger partial charge in [0.05, 0.1) is 0 Å². The number of carbonyl (C=O) groups is 1. The number of rotatable bonds is 2. The molecule has 5 nitrogen and oxygen atoms in total. The predicted octanol–water partition coefficient (Wildman–Crippen LogP) is 2.59. The quantitative estimate of drug-likeness (QED) is 0.830. The first-order valence-corrected chi connectivity index (χ1v) is 10.1. The van der Waals surface area contributed by atoms with E-state index in [1.165, 1.54) is 32.1 Å². The molecule has 6 rings (SSSR count). The van der Waals surface area contributed by atoms with Gasteiger partial charge in [0, 0.05) is 44.5 Å². The molecule has 134 valence electrons. The maximum Gasteiger partial charge on any atom is 0.226 e. The van der Waals surface area contributed by atoms with Crippen LogP contribution >= 0.6 is 0 Å². The highest BCUT2D eigenvalue weighted by molar-refractivity contribution is 5.80. The third kappa shape index (κ3) is 2.81. The normalized spacial score (nSPS) is 37.2. The average molecular weight is 340 g/mol. The molecule has 1 aromatic rings. The average Bonchev–Trinajstić information content (AvgIpc) is 2.87. The Bertz CT molecular complexity index is 606. The number of amides is 1. The monoisotopic (exact) mass is 340 g/mol. The molecule has 0 aromatic carbocycles. The van der Waals surface area contributed by atoms with E-state index in [9.17, 15) is 4.79 Å². The van der Waals surface area contributed by atoms with Gasteiger partial charge < -0.3 is 9.80 Å². The van der Waals surface area contributed by atoms with Crippen molar-refractivity contribution in [1.82, 2.24) is 14.9 Å².